The van der Waals surface area contributed by atoms with E-state index >= 15 is 0 Å². The average Bonchev–Trinajstić information content (AvgIpc) is 2.22. The summed E-state index contributed by atoms with van der Waals surface area (Å²) in [6, 6.07) is 1.52. The molecule has 96 valence electrons. The van der Waals surface area contributed by atoms with Crippen molar-refractivity contribution < 1.29 is 0 Å². The third-order valence-corrected chi connectivity index (χ3v) is 4.22. The van der Waals surface area contributed by atoms with Gasteiger partial charge in [0, 0.05) is 12.1 Å². The molecular weight excluding hydrogens is 194 g/mol. The normalized spacial score (nSPS) is 24.9. The molecule has 1 nitrogen and oxygen atoms in total. The van der Waals surface area contributed by atoms with E-state index in [1.54, 1.807) is 0 Å². The van der Waals surface area contributed by atoms with E-state index in [0.717, 1.165) is 12.1 Å². The molecule has 1 rings (SSSR count). The maximum Gasteiger partial charge on any atom is 0.0121 e. The molecule has 16 heavy (non-hydrogen) atoms. The summed E-state index contributed by atoms with van der Waals surface area (Å²) in [6.45, 7) is 9.49. The van der Waals surface area contributed by atoms with Gasteiger partial charge in [-0.25, -0.2) is 0 Å². The third-order valence-electron chi connectivity index (χ3n) is 4.22. The van der Waals surface area contributed by atoms with Gasteiger partial charge < -0.3 is 5.32 Å². The zero-order valence-electron chi connectivity index (χ0n) is 11.8. The lowest BCUT2D eigenvalue weighted by atomic mass is 9.73. The summed E-state index contributed by atoms with van der Waals surface area (Å²) in [7, 11) is 0. The van der Waals surface area contributed by atoms with Crippen molar-refractivity contribution in [1.82, 2.24) is 5.32 Å². The monoisotopic (exact) mass is 225 g/mol. The molecule has 1 unspecified atom stereocenters. The Morgan fingerprint density at radius 2 is 1.75 bits per heavy atom. The Morgan fingerprint density at radius 1 is 1.12 bits per heavy atom. The first-order valence-corrected chi connectivity index (χ1v) is 7.36. The molecule has 0 heterocycles. The molecule has 1 saturated carbocycles. The van der Waals surface area contributed by atoms with Gasteiger partial charge in [-0.05, 0) is 31.1 Å². The molecule has 0 aliphatic heterocycles. The molecule has 1 N–H and O–H groups in total. The fraction of sp³-hybridized carbons (Fsp3) is 1.00. The van der Waals surface area contributed by atoms with E-state index < -0.39 is 0 Å². The zero-order valence-corrected chi connectivity index (χ0v) is 11.8. The molecule has 1 aliphatic carbocycles. The standard InChI is InChI=1S/C15H31N/c1-5-9-13(10-6-2)16-14-11-7-8-12-15(14,3)4/h13-14,16H,5-12H2,1-4H3. The lowest BCUT2D eigenvalue weighted by Gasteiger charge is -2.41. The van der Waals surface area contributed by atoms with E-state index in [2.05, 4.69) is 33.0 Å². The van der Waals surface area contributed by atoms with Gasteiger partial charge in [0.25, 0.3) is 0 Å². The van der Waals surface area contributed by atoms with Gasteiger partial charge in [0.15, 0.2) is 0 Å². The first-order chi connectivity index (χ1) is 7.60. The van der Waals surface area contributed by atoms with E-state index in [0.29, 0.717) is 5.41 Å². The average molecular weight is 225 g/mol. The molecule has 1 aliphatic rings. The van der Waals surface area contributed by atoms with E-state index in [1.807, 2.05) is 0 Å². The van der Waals surface area contributed by atoms with Gasteiger partial charge in [-0.15, -0.1) is 0 Å². The second-order valence-electron chi connectivity index (χ2n) is 6.23. The van der Waals surface area contributed by atoms with E-state index in [-0.39, 0.29) is 0 Å². The van der Waals surface area contributed by atoms with Crippen molar-refractivity contribution in [2.75, 3.05) is 0 Å². The summed E-state index contributed by atoms with van der Waals surface area (Å²) in [6.07, 6.45) is 11.0. The highest BCUT2D eigenvalue weighted by molar-refractivity contribution is 4.89. The van der Waals surface area contributed by atoms with Crippen LogP contribution >= 0.6 is 0 Å². The van der Waals surface area contributed by atoms with Crippen molar-refractivity contribution in [1.29, 1.82) is 0 Å². The van der Waals surface area contributed by atoms with Crippen molar-refractivity contribution in [2.24, 2.45) is 5.41 Å². The minimum atomic E-state index is 0.512. The molecule has 0 saturated heterocycles. The van der Waals surface area contributed by atoms with Crippen molar-refractivity contribution in [3.05, 3.63) is 0 Å². The SMILES string of the molecule is CCCC(CCC)NC1CCCCC1(C)C. The molecule has 1 heteroatoms. The Morgan fingerprint density at radius 3 is 2.25 bits per heavy atom. The molecule has 0 aromatic carbocycles. The van der Waals surface area contributed by atoms with Gasteiger partial charge in [0.05, 0.1) is 0 Å². The minimum Gasteiger partial charge on any atom is -0.311 e. The van der Waals surface area contributed by atoms with Crippen LogP contribution in [-0.2, 0) is 0 Å². The second kappa shape index (κ2) is 6.64. The molecule has 0 radical (unpaired) electrons. The molecule has 0 amide bonds. The van der Waals surface area contributed by atoms with Crippen molar-refractivity contribution >= 4 is 0 Å². The predicted octanol–water partition coefficient (Wildman–Crippen LogP) is 4.51. The van der Waals surface area contributed by atoms with Crippen LogP contribution < -0.4 is 5.32 Å². The summed E-state index contributed by atoms with van der Waals surface area (Å²) in [5, 5.41) is 3.95. The molecule has 1 atom stereocenters. The van der Waals surface area contributed by atoms with Crippen molar-refractivity contribution in [3.63, 3.8) is 0 Å². The van der Waals surface area contributed by atoms with E-state index in [9.17, 15) is 0 Å². The second-order valence-corrected chi connectivity index (χ2v) is 6.23. The maximum atomic E-state index is 3.95. The van der Waals surface area contributed by atoms with E-state index in [1.165, 1.54) is 51.4 Å². The largest absolute Gasteiger partial charge is 0.311 e. The van der Waals surface area contributed by atoms with Gasteiger partial charge in [0.2, 0.25) is 0 Å². The number of rotatable bonds is 6. The lowest BCUT2D eigenvalue weighted by Crippen LogP contribution is -2.48. The van der Waals surface area contributed by atoms with Crippen LogP contribution in [0.2, 0.25) is 0 Å². The fourth-order valence-electron chi connectivity index (χ4n) is 3.10. The first-order valence-electron chi connectivity index (χ1n) is 7.36. The molecular formula is C15H31N. The highest BCUT2D eigenvalue weighted by Crippen LogP contribution is 2.35. The smallest absolute Gasteiger partial charge is 0.0121 e. The third kappa shape index (κ3) is 4.08. The fourth-order valence-corrected chi connectivity index (χ4v) is 3.10. The number of hydrogen-bond donors (Lipinski definition) is 1. The summed E-state index contributed by atoms with van der Waals surface area (Å²) in [5.41, 5.74) is 0.512. The summed E-state index contributed by atoms with van der Waals surface area (Å²) >= 11 is 0. The van der Waals surface area contributed by atoms with Crippen LogP contribution in [-0.4, -0.2) is 12.1 Å². The highest BCUT2D eigenvalue weighted by Gasteiger charge is 2.32. The topological polar surface area (TPSA) is 12.0 Å². The maximum absolute atomic E-state index is 3.95. The van der Waals surface area contributed by atoms with Crippen LogP contribution in [0.5, 0.6) is 0 Å². The van der Waals surface area contributed by atoms with Crippen LogP contribution in [0.15, 0.2) is 0 Å². The van der Waals surface area contributed by atoms with Crippen LogP contribution in [0.1, 0.15) is 79.1 Å². The Bertz CT molecular complexity index is 180. The van der Waals surface area contributed by atoms with E-state index in [4.69, 9.17) is 0 Å². The Balaban J connectivity index is 2.47. The molecule has 1 fully saturated rings. The Labute approximate surface area is 102 Å². The van der Waals surface area contributed by atoms with Crippen LogP contribution in [0, 0.1) is 5.41 Å². The van der Waals surface area contributed by atoms with Gasteiger partial charge in [-0.3, -0.25) is 0 Å². The highest BCUT2D eigenvalue weighted by atomic mass is 15.0. The first kappa shape index (κ1) is 14.0. The number of nitrogens with one attached hydrogen (secondary N) is 1. The Hall–Kier alpha value is -0.0400. The van der Waals surface area contributed by atoms with Crippen LogP contribution in [0.3, 0.4) is 0 Å². The molecule has 0 spiro atoms. The summed E-state index contributed by atoms with van der Waals surface area (Å²) in [4.78, 5) is 0. The minimum absolute atomic E-state index is 0.512. The molecule has 0 bridgehead atoms. The van der Waals surface area contributed by atoms with Gasteiger partial charge >= 0.3 is 0 Å². The quantitative estimate of drug-likeness (QED) is 0.701. The molecule has 0 aromatic rings. The molecule has 0 aromatic heterocycles. The Kier molecular flexibility index (Phi) is 5.82. The van der Waals surface area contributed by atoms with Gasteiger partial charge in [-0.2, -0.15) is 0 Å². The van der Waals surface area contributed by atoms with Crippen molar-refractivity contribution in [3.8, 4) is 0 Å². The van der Waals surface area contributed by atoms with Crippen LogP contribution in [0.25, 0.3) is 0 Å². The predicted molar refractivity (Wildman–Crippen MR) is 72.8 cm³/mol. The van der Waals surface area contributed by atoms with Gasteiger partial charge in [-0.1, -0.05) is 53.4 Å². The summed E-state index contributed by atoms with van der Waals surface area (Å²) in [5.74, 6) is 0. The number of hydrogen-bond acceptors (Lipinski definition) is 1. The van der Waals surface area contributed by atoms with Crippen molar-refractivity contribution in [2.45, 2.75) is 91.1 Å². The lowest BCUT2D eigenvalue weighted by molar-refractivity contribution is 0.151. The zero-order chi connectivity index (χ0) is 12.0. The van der Waals surface area contributed by atoms with Crippen LogP contribution in [0.4, 0.5) is 0 Å². The van der Waals surface area contributed by atoms with Gasteiger partial charge in [0.1, 0.15) is 0 Å². The summed E-state index contributed by atoms with van der Waals surface area (Å²) < 4.78 is 0.